The maximum Gasteiger partial charge on any atom is 0.260 e. The summed E-state index contributed by atoms with van der Waals surface area (Å²) in [6, 6.07) is 5.42. The summed E-state index contributed by atoms with van der Waals surface area (Å²) in [5.74, 6) is 0.492. The van der Waals surface area contributed by atoms with E-state index in [9.17, 15) is 9.90 Å². The van der Waals surface area contributed by atoms with Crippen molar-refractivity contribution in [3.8, 4) is 5.75 Å². The quantitative estimate of drug-likeness (QED) is 0.878. The summed E-state index contributed by atoms with van der Waals surface area (Å²) in [7, 11) is 0. The van der Waals surface area contributed by atoms with Crippen LogP contribution in [0.2, 0.25) is 5.02 Å². The molecule has 4 nitrogen and oxygen atoms in total. The Morgan fingerprint density at radius 3 is 2.80 bits per heavy atom. The van der Waals surface area contributed by atoms with Crippen LogP contribution in [-0.4, -0.2) is 35.1 Å². The number of ether oxygens (including phenoxy) is 1. The second-order valence-corrected chi connectivity index (χ2v) is 5.49. The van der Waals surface area contributed by atoms with E-state index in [4.69, 9.17) is 16.3 Å². The van der Waals surface area contributed by atoms with Crippen LogP contribution in [0.4, 0.5) is 0 Å². The molecule has 1 aromatic carbocycles. The van der Waals surface area contributed by atoms with Gasteiger partial charge in [-0.3, -0.25) is 4.79 Å². The smallest absolute Gasteiger partial charge is 0.260 e. The van der Waals surface area contributed by atoms with Gasteiger partial charge in [-0.15, -0.1) is 0 Å². The molecule has 2 rings (SSSR count). The number of carbonyl (C=O) groups excluding carboxylic acids is 1. The Hall–Kier alpha value is -1.26. The van der Waals surface area contributed by atoms with E-state index in [1.807, 2.05) is 11.8 Å². The highest BCUT2D eigenvalue weighted by atomic mass is 35.5. The molecule has 1 atom stereocenters. The molecular weight excluding hydrogens is 278 g/mol. The lowest BCUT2D eigenvalue weighted by atomic mass is 10.1. The van der Waals surface area contributed by atoms with Crippen molar-refractivity contribution in [1.82, 2.24) is 4.90 Å². The second kappa shape index (κ2) is 6.46. The number of rotatable bonds is 6. The average Bonchev–Trinajstić information content (AvgIpc) is 3.22. The van der Waals surface area contributed by atoms with Gasteiger partial charge in [-0.2, -0.15) is 0 Å². The van der Waals surface area contributed by atoms with Gasteiger partial charge in [0, 0.05) is 23.2 Å². The molecule has 0 aromatic heterocycles. The fourth-order valence-corrected chi connectivity index (χ4v) is 2.40. The van der Waals surface area contributed by atoms with E-state index in [0.29, 0.717) is 28.9 Å². The molecule has 5 heteroatoms. The van der Waals surface area contributed by atoms with Gasteiger partial charge < -0.3 is 14.7 Å². The van der Waals surface area contributed by atoms with E-state index in [2.05, 4.69) is 0 Å². The molecule has 1 amide bonds. The van der Waals surface area contributed by atoms with Crippen LogP contribution in [0.1, 0.15) is 38.4 Å². The van der Waals surface area contributed by atoms with Crippen molar-refractivity contribution >= 4 is 17.5 Å². The number of hydrogen-bond donors (Lipinski definition) is 1. The lowest BCUT2D eigenvalue weighted by Crippen LogP contribution is -2.36. The third kappa shape index (κ3) is 3.64. The van der Waals surface area contributed by atoms with Gasteiger partial charge in [-0.05, 0) is 44.9 Å². The number of carbonyl (C=O) groups is 1. The topological polar surface area (TPSA) is 49.8 Å². The molecule has 0 aliphatic heterocycles. The zero-order valence-corrected chi connectivity index (χ0v) is 12.6. The molecule has 20 heavy (non-hydrogen) atoms. The highest BCUT2D eigenvalue weighted by molar-refractivity contribution is 6.30. The molecule has 0 spiro atoms. The van der Waals surface area contributed by atoms with E-state index >= 15 is 0 Å². The van der Waals surface area contributed by atoms with Crippen LogP contribution in [0.3, 0.4) is 0 Å². The van der Waals surface area contributed by atoms with Crippen molar-refractivity contribution in [2.75, 3.05) is 13.2 Å². The average molecular weight is 298 g/mol. The van der Waals surface area contributed by atoms with Gasteiger partial charge in [-0.1, -0.05) is 11.6 Å². The van der Waals surface area contributed by atoms with Crippen molar-refractivity contribution in [1.29, 1.82) is 0 Å². The Morgan fingerprint density at radius 2 is 2.25 bits per heavy atom. The maximum atomic E-state index is 12.1. The first kappa shape index (κ1) is 15.1. The predicted molar refractivity (Wildman–Crippen MR) is 78.0 cm³/mol. The fraction of sp³-hybridized carbons (Fsp3) is 0.533. The van der Waals surface area contributed by atoms with Gasteiger partial charge in [0.1, 0.15) is 5.75 Å². The first-order valence-electron chi connectivity index (χ1n) is 6.92. The fourth-order valence-electron chi connectivity index (χ4n) is 2.22. The number of benzene rings is 1. The number of nitrogens with zero attached hydrogens (tertiary/aromatic N) is 1. The Balaban J connectivity index is 2.01. The minimum absolute atomic E-state index is 0.00824. The Morgan fingerprint density at radius 1 is 1.55 bits per heavy atom. The van der Waals surface area contributed by atoms with E-state index < -0.39 is 6.10 Å². The highest BCUT2D eigenvalue weighted by Gasteiger charge is 2.31. The van der Waals surface area contributed by atoms with Crippen LogP contribution >= 0.6 is 11.6 Å². The summed E-state index contributed by atoms with van der Waals surface area (Å²) in [6.45, 7) is 4.31. The van der Waals surface area contributed by atoms with Crippen molar-refractivity contribution in [3.63, 3.8) is 0 Å². The first-order chi connectivity index (χ1) is 9.52. The number of amides is 1. The SMILES string of the molecule is CCN(C(=O)COc1ccc(Cl)cc1[C@@H](C)O)C1CC1. The molecule has 1 saturated carbocycles. The van der Waals surface area contributed by atoms with Gasteiger partial charge >= 0.3 is 0 Å². The Labute approximate surface area is 124 Å². The summed E-state index contributed by atoms with van der Waals surface area (Å²) < 4.78 is 5.57. The molecule has 0 unspecified atom stereocenters. The van der Waals surface area contributed by atoms with Crippen molar-refractivity contribution in [3.05, 3.63) is 28.8 Å². The third-order valence-corrected chi connectivity index (χ3v) is 3.66. The van der Waals surface area contributed by atoms with Gasteiger partial charge in [0.15, 0.2) is 6.61 Å². The zero-order valence-electron chi connectivity index (χ0n) is 11.8. The molecule has 0 heterocycles. The van der Waals surface area contributed by atoms with Gasteiger partial charge in [0.25, 0.3) is 5.91 Å². The molecular formula is C15H20ClNO3. The predicted octanol–water partition coefficient (Wildman–Crippen LogP) is 2.78. The second-order valence-electron chi connectivity index (χ2n) is 5.06. The summed E-state index contributed by atoms with van der Waals surface area (Å²) >= 11 is 5.90. The lowest BCUT2D eigenvalue weighted by Gasteiger charge is -2.21. The van der Waals surface area contributed by atoms with Crippen LogP contribution in [0, 0.1) is 0 Å². The molecule has 110 valence electrons. The minimum atomic E-state index is -0.690. The molecule has 1 aromatic rings. The van der Waals surface area contributed by atoms with Gasteiger partial charge in [0.2, 0.25) is 0 Å². The largest absolute Gasteiger partial charge is 0.483 e. The number of aliphatic hydroxyl groups is 1. The van der Waals surface area contributed by atoms with Gasteiger partial charge in [-0.25, -0.2) is 0 Å². The molecule has 1 aliphatic carbocycles. The molecule has 1 N–H and O–H groups in total. The van der Waals surface area contributed by atoms with E-state index in [-0.39, 0.29) is 12.5 Å². The monoisotopic (exact) mass is 297 g/mol. The molecule has 0 radical (unpaired) electrons. The molecule has 0 saturated heterocycles. The highest BCUT2D eigenvalue weighted by Crippen LogP contribution is 2.29. The van der Waals surface area contributed by atoms with Crippen LogP contribution in [0.5, 0.6) is 5.75 Å². The summed E-state index contributed by atoms with van der Waals surface area (Å²) in [5.41, 5.74) is 0.597. The van der Waals surface area contributed by atoms with Crippen molar-refractivity contribution in [2.45, 2.75) is 38.8 Å². The molecule has 0 bridgehead atoms. The zero-order chi connectivity index (χ0) is 14.7. The number of halogens is 1. The van der Waals surface area contributed by atoms with E-state index in [1.54, 1.807) is 25.1 Å². The summed E-state index contributed by atoms with van der Waals surface area (Å²) in [4.78, 5) is 13.9. The third-order valence-electron chi connectivity index (χ3n) is 3.42. The Bertz CT molecular complexity index is 486. The van der Waals surface area contributed by atoms with E-state index in [1.165, 1.54) is 0 Å². The normalized spacial score (nSPS) is 15.8. The van der Waals surface area contributed by atoms with Crippen molar-refractivity contribution in [2.24, 2.45) is 0 Å². The Kier molecular flexibility index (Phi) is 4.89. The standard InChI is InChI=1S/C15H20ClNO3/c1-3-17(12-5-6-12)15(19)9-20-14-7-4-11(16)8-13(14)10(2)18/h4,7-8,10,12,18H,3,5-6,9H2,1-2H3/t10-/m1/s1. The lowest BCUT2D eigenvalue weighted by molar-refractivity contribution is -0.133. The minimum Gasteiger partial charge on any atom is -0.483 e. The number of likely N-dealkylation sites (N-methyl/N-ethyl adjacent to an activating group) is 1. The number of hydrogen-bond acceptors (Lipinski definition) is 3. The first-order valence-corrected chi connectivity index (χ1v) is 7.30. The van der Waals surface area contributed by atoms with Crippen LogP contribution in [0.15, 0.2) is 18.2 Å². The van der Waals surface area contributed by atoms with Crippen LogP contribution in [0.25, 0.3) is 0 Å². The number of aliphatic hydroxyl groups excluding tert-OH is 1. The summed E-state index contributed by atoms with van der Waals surface area (Å²) in [5, 5.41) is 10.2. The van der Waals surface area contributed by atoms with E-state index in [0.717, 1.165) is 12.8 Å². The maximum absolute atomic E-state index is 12.1. The van der Waals surface area contributed by atoms with Crippen LogP contribution < -0.4 is 4.74 Å². The van der Waals surface area contributed by atoms with Gasteiger partial charge in [0.05, 0.1) is 6.10 Å². The summed E-state index contributed by atoms with van der Waals surface area (Å²) in [6.07, 6.45) is 1.48. The molecule has 1 aliphatic rings. The van der Waals surface area contributed by atoms with Crippen molar-refractivity contribution < 1.29 is 14.6 Å². The molecule has 1 fully saturated rings. The van der Waals surface area contributed by atoms with Crippen LogP contribution in [-0.2, 0) is 4.79 Å².